The molecule has 7 heteroatoms. The summed E-state index contributed by atoms with van der Waals surface area (Å²) in [6, 6.07) is 5.65. The fraction of sp³-hybridized carbons (Fsp3) is 0.636. The van der Waals surface area contributed by atoms with Crippen LogP contribution in [0.3, 0.4) is 0 Å². The molecule has 162 valence electrons. The normalized spacial score (nSPS) is 15.5. The van der Waals surface area contributed by atoms with E-state index < -0.39 is 0 Å². The Morgan fingerprint density at radius 3 is 2.55 bits per heavy atom. The molecule has 1 fully saturated rings. The molecule has 0 aliphatic carbocycles. The van der Waals surface area contributed by atoms with E-state index in [1.165, 1.54) is 0 Å². The standard InChI is InChI=1S/C22H36N4O3/c1-5-16(6-2)21(28)26-13-10-18(11-14-26)25-22(23-3)24-12-9-17-7-8-19(29-4)15-20(17)27/h7-8,15-16,18,27H,5-6,9-14H2,1-4H3,(H2,23,24,25). The molecule has 0 unspecified atom stereocenters. The first-order valence-corrected chi connectivity index (χ1v) is 10.6. The van der Waals surface area contributed by atoms with E-state index in [-0.39, 0.29) is 11.7 Å². The average molecular weight is 405 g/mol. The zero-order chi connectivity index (χ0) is 21.2. The SMILES string of the molecule is CCC(CC)C(=O)N1CCC(NC(=NC)NCCc2ccc(OC)cc2O)CC1. The summed E-state index contributed by atoms with van der Waals surface area (Å²) in [5.74, 6) is 2.09. The largest absolute Gasteiger partial charge is 0.508 e. The number of piperidine rings is 1. The highest BCUT2D eigenvalue weighted by molar-refractivity contribution is 5.80. The van der Waals surface area contributed by atoms with Gasteiger partial charge in [-0.25, -0.2) is 0 Å². The third-order valence-electron chi connectivity index (χ3n) is 5.69. The minimum absolute atomic E-state index is 0.156. The van der Waals surface area contributed by atoms with Gasteiger partial charge in [-0.05, 0) is 43.7 Å². The summed E-state index contributed by atoms with van der Waals surface area (Å²) in [5, 5.41) is 16.8. The maximum atomic E-state index is 12.5. The van der Waals surface area contributed by atoms with E-state index in [0.717, 1.165) is 50.3 Å². The molecule has 1 amide bonds. The van der Waals surface area contributed by atoms with Crippen LogP contribution in [0, 0.1) is 5.92 Å². The maximum absolute atomic E-state index is 12.5. The van der Waals surface area contributed by atoms with Crippen LogP contribution in [0.5, 0.6) is 11.5 Å². The maximum Gasteiger partial charge on any atom is 0.225 e. The van der Waals surface area contributed by atoms with Crippen LogP contribution < -0.4 is 15.4 Å². The van der Waals surface area contributed by atoms with Gasteiger partial charge in [0.2, 0.25) is 5.91 Å². The van der Waals surface area contributed by atoms with Crippen LogP contribution in [0.2, 0.25) is 0 Å². The van der Waals surface area contributed by atoms with Gasteiger partial charge >= 0.3 is 0 Å². The lowest BCUT2D eigenvalue weighted by Gasteiger charge is -2.34. The Morgan fingerprint density at radius 2 is 2.00 bits per heavy atom. The van der Waals surface area contributed by atoms with Gasteiger partial charge in [-0.2, -0.15) is 0 Å². The molecular formula is C22H36N4O3. The number of hydrogen-bond donors (Lipinski definition) is 3. The number of carbonyl (C=O) groups excluding carboxylic acids is 1. The highest BCUT2D eigenvalue weighted by Gasteiger charge is 2.26. The van der Waals surface area contributed by atoms with E-state index in [1.54, 1.807) is 20.2 Å². The molecule has 2 rings (SSSR count). The summed E-state index contributed by atoms with van der Waals surface area (Å²) in [6.07, 6.45) is 4.35. The third kappa shape index (κ3) is 6.54. The minimum atomic E-state index is 0.156. The lowest BCUT2D eigenvalue weighted by Crippen LogP contribution is -2.50. The molecule has 0 radical (unpaired) electrons. The molecule has 3 N–H and O–H groups in total. The monoisotopic (exact) mass is 404 g/mol. The van der Waals surface area contributed by atoms with Crippen LogP contribution in [0.25, 0.3) is 0 Å². The number of guanidine groups is 1. The molecule has 0 aromatic heterocycles. The Bertz CT molecular complexity index is 681. The zero-order valence-electron chi connectivity index (χ0n) is 18.2. The summed E-state index contributed by atoms with van der Waals surface area (Å²) < 4.78 is 5.11. The topological polar surface area (TPSA) is 86.2 Å². The Balaban J connectivity index is 1.76. The summed E-state index contributed by atoms with van der Waals surface area (Å²) in [4.78, 5) is 18.8. The summed E-state index contributed by atoms with van der Waals surface area (Å²) >= 11 is 0. The van der Waals surface area contributed by atoms with Crippen molar-refractivity contribution in [1.82, 2.24) is 15.5 Å². The van der Waals surface area contributed by atoms with Crippen LogP contribution >= 0.6 is 0 Å². The second-order valence-corrected chi connectivity index (χ2v) is 7.50. The quantitative estimate of drug-likeness (QED) is 0.458. The van der Waals surface area contributed by atoms with Crippen molar-refractivity contribution in [3.8, 4) is 11.5 Å². The first-order chi connectivity index (χ1) is 14.0. The van der Waals surface area contributed by atoms with Crippen LogP contribution in [-0.4, -0.2) is 61.7 Å². The van der Waals surface area contributed by atoms with Gasteiger partial charge in [0.25, 0.3) is 0 Å². The van der Waals surface area contributed by atoms with E-state index in [1.807, 2.05) is 17.0 Å². The van der Waals surface area contributed by atoms with Crippen LogP contribution in [-0.2, 0) is 11.2 Å². The molecular weight excluding hydrogens is 368 g/mol. The number of hydrogen-bond acceptors (Lipinski definition) is 4. The van der Waals surface area contributed by atoms with Gasteiger partial charge < -0.3 is 25.4 Å². The Morgan fingerprint density at radius 1 is 1.31 bits per heavy atom. The van der Waals surface area contributed by atoms with Gasteiger partial charge in [0.15, 0.2) is 5.96 Å². The molecule has 0 bridgehead atoms. The van der Waals surface area contributed by atoms with Gasteiger partial charge in [-0.1, -0.05) is 19.9 Å². The van der Waals surface area contributed by atoms with Crippen molar-refractivity contribution in [2.75, 3.05) is 33.8 Å². The molecule has 1 aromatic carbocycles. The highest BCUT2D eigenvalue weighted by atomic mass is 16.5. The lowest BCUT2D eigenvalue weighted by atomic mass is 9.98. The van der Waals surface area contributed by atoms with Gasteiger partial charge in [0.1, 0.15) is 11.5 Å². The second kappa shape index (κ2) is 11.5. The van der Waals surface area contributed by atoms with Crippen molar-refractivity contribution >= 4 is 11.9 Å². The molecule has 0 atom stereocenters. The number of ether oxygens (including phenoxy) is 1. The Hall–Kier alpha value is -2.44. The van der Waals surface area contributed by atoms with Crippen molar-refractivity contribution in [2.24, 2.45) is 10.9 Å². The summed E-state index contributed by atoms with van der Waals surface area (Å²) in [5.41, 5.74) is 0.863. The molecule has 1 aliphatic rings. The number of phenols is 1. The molecule has 1 aliphatic heterocycles. The van der Waals surface area contributed by atoms with Gasteiger partial charge in [0.05, 0.1) is 7.11 Å². The number of carbonyl (C=O) groups is 1. The predicted octanol–water partition coefficient (Wildman–Crippen LogP) is 2.54. The van der Waals surface area contributed by atoms with Crippen molar-refractivity contribution in [3.05, 3.63) is 23.8 Å². The van der Waals surface area contributed by atoms with Crippen LogP contribution in [0.1, 0.15) is 45.1 Å². The molecule has 1 heterocycles. The number of nitrogens with one attached hydrogen (secondary N) is 2. The third-order valence-corrected chi connectivity index (χ3v) is 5.69. The van der Waals surface area contributed by atoms with Crippen molar-refractivity contribution in [3.63, 3.8) is 0 Å². The number of aromatic hydroxyl groups is 1. The fourth-order valence-electron chi connectivity index (χ4n) is 3.73. The van der Waals surface area contributed by atoms with E-state index in [2.05, 4.69) is 29.5 Å². The number of phenolic OH excluding ortho intramolecular Hbond substituents is 1. The average Bonchev–Trinajstić information content (AvgIpc) is 2.75. The van der Waals surface area contributed by atoms with E-state index in [0.29, 0.717) is 30.7 Å². The number of rotatable bonds is 8. The number of amides is 1. The molecule has 29 heavy (non-hydrogen) atoms. The minimum Gasteiger partial charge on any atom is -0.508 e. The first kappa shape index (κ1) is 22.8. The van der Waals surface area contributed by atoms with Crippen molar-refractivity contribution < 1.29 is 14.6 Å². The Labute approximate surface area is 174 Å². The lowest BCUT2D eigenvalue weighted by molar-refractivity contribution is -0.136. The van der Waals surface area contributed by atoms with Gasteiger partial charge in [-0.3, -0.25) is 9.79 Å². The van der Waals surface area contributed by atoms with E-state index in [4.69, 9.17) is 4.74 Å². The molecule has 0 spiro atoms. The smallest absolute Gasteiger partial charge is 0.225 e. The number of aliphatic imine (C=N–C) groups is 1. The predicted molar refractivity (Wildman–Crippen MR) is 117 cm³/mol. The number of likely N-dealkylation sites (tertiary alicyclic amines) is 1. The number of nitrogens with zero attached hydrogens (tertiary/aromatic N) is 2. The fourth-order valence-corrected chi connectivity index (χ4v) is 3.73. The van der Waals surface area contributed by atoms with Gasteiger partial charge in [0, 0.05) is 44.7 Å². The molecule has 1 saturated heterocycles. The highest BCUT2D eigenvalue weighted by Crippen LogP contribution is 2.23. The molecule has 1 aromatic rings. The summed E-state index contributed by atoms with van der Waals surface area (Å²) in [6.45, 7) is 6.42. The zero-order valence-corrected chi connectivity index (χ0v) is 18.2. The van der Waals surface area contributed by atoms with Crippen LogP contribution in [0.15, 0.2) is 23.2 Å². The summed E-state index contributed by atoms with van der Waals surface area (Å²) in [7, 11) is 3.34. The second-order valence-electron chi connectivity index (χ2n) is 7.50. The van der Waals surface area contributed by atoms with Gasteiger partial charge in [-0.15, -0.1) is 0 Å². The molecule has 7 nitrogen and oxygen atoms in total. The van der Waals surface area contributed by atoms with Crippen LogP contribution in [0.4, 0.5) is 0 Å². The van der Waals surface area contributed by atoms with E-state index >= 15 is 0 Å². The first-order valence-electron chi connectivity index (χ1n) is 10.6. The number of methoxy groups -OCH3 is 1. The molecule has 0 saturated carbocycles. The number of benzene rings is 1. The van der Waals surface area contributed by atoms with Crippen molar-refractivity contribution in [1.29, 1.82) is 0 Å². The van der Waals surface area contributed by atoms with E-state index in [9.17, 15) is 9.90 Å². The Kier molecular flexibility index (Phi) is 9.09. The van der Waals surface area contributed by atoms with Crippen molar-refractivity contribution in [2.45, 2.75) is 52.0 Å².